The number of pyridine rings is 1. The van der Waals surface area contributed by atoms with Gasteiger partial charge >= 0.3 is 0 Å². The third-order valence-electron chi connectivity index (χ3n) is 7.13. The molecule has 1 aliphatic heterocycles. The van der Waals surface area contributed by atoms with Crippen molar-refractivity contribution in [1.29, 1.82) is 0 Å². The predicted molar refractivity (Wildman–Crippen MR) is 156 cm³/mol. The number of methoxy groups -OCH3 is 1. The molecule has 7 heteroatoms. The number of thioether (sulfide) groups is 1. The molecule has 2 unspecified atom stereocenters. The molecule has 2 atom stereocenters. The Kier molecular flexibility index (Phi) is 7.93. The Morgan fingerprint density at radius 1 is 1.11 bits per heavy atom. The highest BCUT2D eigenvalue weighted by molar-refractivity contribution is 7.99. The summed E-state index contributed by atoms with van der Waals surface area (Å²) < 4.78 is 5.37. The number of hydrogen-bond acceptors (Lipinski definition) is 6. The van der Waals surface area contributed by atoms with E-state index in [9.17, 15) is 5.11 Å². The predicted octanol–water partition coefficient (Wildman–Crippen LogP) is 5.90. The molecular weight excluding hydrogens is 502 g/mol. The minimum absolute atomic E-state index is 0.0473. The number of aliphatic hydroxyl groups excluding tert-OH is 1. The molecule has 5 nitrogen and oxygen atoms in total. The van der Waals surface area contributed by atoms with E-state index in [2.05, 4.69) is 77.6 Å². The quantitative estimate of drug-likeness (QED) is 0.260. The van der Waals surface area contributed by atoms with Crippen molar-refractivity contribution in [3.63, 3.8) is 0 Å². The van der Waals surface area contributed by atoms with Gasteiger partial charge in [-0.1, -0.05) is 54.1 Å². The highest BCUT2D eigenvalue weighted by Crippen LogP contribution is 2.30. The fraction of sp³-hybridized carbons (Fsp3) is 0.367. The Hall–Kier alpha value is -2.35. The fourth-order valence-electron chi connectivity index (χ4n) is 5.08. The van der Waals surface area contributed by atoms with Crippen molar-refractivity contribution in [2.45, 2.75) is 44.5 Å². The Bertz CT molecular complexity index is 1400. The average molecular weight is 536 g/mol. The Morgan fingerprint density at radius 3 is 2.73 bits per heavy atom. The molecular formula is C30H34ClN3O2S. The molecule has 3 aromatic carbocycles. The van der Waals surface area contributed by atoms with Gasteiger partial charge in [0.1, 0.15) is 10.9 Å². The van der Waals surface area contributed by atoms with Crippen molar-refractivity contribution in [1.82, 2.24) is 15.2 Å². The smallest absolute Gasteiger partial charge is 0.134 e. The Balaban J connectivity index is 1.22. The first kappa shape index (κ1) is 26.3. The summed E-state index contributed by atoms with van der Waals surface area (Å²) in [5.74, 6) is 2.54. The van der Waals surface area contributed by atoms with E-state index in [1.165, 1.54) is 16.3 Å². The number of fused-ring (bicyclic) bond motifs is 2. The van der Waals surface area contributed by atoms with Gasteiger partial charge in [-0.2, -0.15) is 0 Å². The van der Waals surface area contributed by atoms with Crippen LogP contribution >= 0.6 is 23.4 Å². The second kappa shape index (κ2) is 11.2. The monoisotopic (exact) mass is 535 g/mol. The molecule has 0 saturated carbocycles. The SMILES string of the molecule is COc1ccc2nc(Cl)c(CN3CSCC3C(O)CNC(C)(C)Cc3ccc4ccccc4c3)cc2c1. The molecule has 194 valence electrons. The third kappa shape index (κ3) is 6.21. The first-order valence-electron chi connectivity index (χ1n) is 12.7. The van der Waals surface area contributed by atoms with E-state index < -0.39 is 6.10 Å². The molecule has 0 bridgehead atoms. The van der Waals surface area contributed by atoms with Crippen molar-refractivity contribution in [3.8, 4) is 5.75 Å². The normalized spacial score (nSPS) is 17.5. The highest BCUT2D eigenvalue weighted by atomic mass is 35.5. The van der Waals surface area contributed by atoms with Crippen molar-refractivity contribution in [2.24, 2.45) is 0 Å². The Morgan fingerprint density at radius 2 is 1.92 bits per heavy atom. The van der Waals surface area contributed by atoms with Gasteiger partial charge in [0.25, 0.3) is 0 Å². The highest BCUT2D eigenvalue weighted by Gasteiger charge is 2.32. The number of aliphatic hydroxyl groups is 1. The zero-order valence-corrected chi connectivity index (χ0v) is 23.1. The number of rotatable bonds is 9. The van der Waals surface area contributed by atoms with Crippen molar-refractivity contribution < 1.29 is 9.84 Å². The minimum Gasteiger partial charge on any atom is -0.497 e. The molecule has 0 spiro atoms. The van der Waals surface area contributed by atoms with Crippen LogP contribution in [-0.2, 0) is 13.0 Å². The van der Waals surface area contributed by atoms with E-state index >= 15 is 0 Å². The Labute approximate surface area is 228 Å². The van der Waals surface area contributed by atoms with E-state index in [-0.39, 0.29) is 11.6 Å². The van der Waals surface area contributed by atoms with Gasteiger partial charge in [-0.05, 0) is 60.9 Å². The second-order valence-corrected chi connectivity index (χ2v) is 11.9. The molecule has 1 aliphatic rings. The lowest BCUT2D eigenvalue weighted by molar-refractivity contribution is 0.0684. The zero-order chi connectivity index (χ0) is 26.0. The van der Waals surface area contributed by atoms with E-state index in [0.29, 0.717) is 18.2 Å². The number of benzene rings is 3. The van der Waals surface area contributed by atoms with Gasteiger partial charge < -0.3 is 15.2 Å². The zero-order valence-electron chi connectivity index (χ0n) is 21.6. The number of halogens is 1. The topological polar surface area (TPSA) is 57.6 Å². The summed E-state index contributed by atoms with van der Waals surface area (Å²) in [6.45, 7) is 5.58. The summed E-state index contributed by atoms with van der Waals surface area (Å²) >= 11 is 8.41. The molecule has 1 fully saturated rings. The molecule has 2 N–H and O–H groups in total. The molecule has 1 aromatic heterocycles. The molecule has 4 aromatic rings. The van der Waals surface area contributed by atoms with Crippen LogP contribution in [0.1, 0.15) is 25.0 Å². The standard InChI is InChI=1S/C30H34ClN3O2S/c1-30(2,15-20-8-9-21-6-4-5-7-22(21)12-20)32-16-28(35)27-18-37-19-34(27)17-24-13-23-14-25(36-3)10-11-26(23)33-29(24)31/h4-14,27-28,32,35H,15-19H2,1-3H3. The van der Waals surface area contributed by atoms with Crippen molar-refractivity contribution >= 4 is 45.0 Å². The summed E-state index contributed by atoms with van der Waals surface area (Å²) in [6.07, 6.45) is 0.397. The summed E-state index contributed by atoms with van der Waals surface area (Å²) in [7, 11) is 1.66. The minimum atomic E-state index is -0.488. The largest absolute Gasteiger partial charge is 0.497 e. The number of β-amino-alcohol motifs (C(OH)–C–C–N with tert-alkyl or cyclic N) is 1. The van der Waals surface area contributed by atoms with E-state index in [1.807, 2.05) is 30.0 Å². The summed E-state index contributed by atoms with van der Waals surface area (Å²) in [4.78, 5) is 6.90. The molecule has 5 rings (SSSR count). The average Bonchev–Trinajstić information content (AvgIpc) is 3.35. The summed E-state index contributed by atoms with van der Waals surface area (Å²) in [5.41, 5.74) is 2.95. The van der Waals surface area contributed by atoms with Gasteiger partial charge in [0.15, 0.2) is 0 Å². The number of nitrogens with zero attached hydrogens (tertiary/aromatic N) is 2. The number of nitrogens with one attached hydrogen (secondary N) is 1. The third-order valence-corrected chi connectivity index (χ3v) is 8.55. The van der Waals surface area contributed by atoms with Gasteiger partial charge in [0, 0.05) is 47.2 Å². The second-order valence-electron chi connectivity index (χ2n) is 10.5. The van der Waals surface area contributed by atoms with Gasteiger partial charge in [0.05, 0.1) is 18.7 Å². The molecule has 0 aliphatic carbocycles. The molecule has 1 saturated heterocycles. The maximum Gasteiger partial charge on any atom is 0.134 e. The molecule has 0 radical (unpaired) electrons. The van der Waals surface area contributed by atoms with Crippen LogP contribution in [0.4, 0.5) is 0 Å². The number of hydrogen-bond donors (Lipinski definition) is 2. The van der Waals surface area contributed by atoms with Crippen LogP contribution in [0, 0.1) is 0 Å². The summed E-state index contributed by atoms with van der Waals surface area (Å²) in [5, 5.41) is 18.8. The summed E-state index contributed by atoms with van der Waals surface area (Å²) in [6, 6.07) is 23.0. The van der Waals surface area contributed by atoms with Crippen LogP contribution in [-0.4, -0.2) is 58.0 Å². The van der Waals surface area contributed by atoms with E-state index in [0.717, 1.165) is 40.3 Å². The molecule has 37 heavy (non-hydrogen) atoms. The lowest BCUT2D eigenvalue weighted by atomic mass is 9.93. The molecule has 2 heterocycles. The maximum atomic E-state index is 11.2. The van der Waals surface area contributed by atoms with Crippen LogP contribution in [0.3, 0.4) is 0 Å². The number of ether oxygens (including phenoxy) is 1. The first-order valence-corrected chi connectivity index (χ1v) is 14.2. The van der Waals surface area contributed by atoms with Gasteiger partial charge in [-0.25, -0.2) is 4.98 Å². The molecule has 0 amide bonds. The van der Waals surface area contributed by atoms with Gasteiger partial charge in [-0.15, -0.1) is 11.8 Å². The van der Waals surface area contributed by atoms with Crippen LogP contribution in [0.25, 0.3) is 21.7 Å². The van der Waals surface area contributed by atoms with Gasteiger partial charge in [-0.3, -0.25) is 4.90 Å². The maximum absolute atomic E-state index is 11.2. The van der Waals surface area contributed by atoms with Crippen molar-refractivity contribution in [2.75, 3.05) is 25.3 Å². The van der Waals surface area contributed by atoms with Gasteiger partial charge in [0.2, 0.25) is 0 Å². The van der Waals surface area contributed by atoms with Crippen LogP contribution in [0.2, 0.25) is 5.15 Å². The fourth-order valence-corrected chi connectivity index (χ4v) is 6.58. The lowest BCUT2D eigenvalue weighted by Crippen LogP contribution is -2.50. The van der Waals surface area contributed by atoms with Crippen LogP contribution in [0.15, 0.2) is 66.7 Å². The van der Waals surface area contributed by atoms with Crippen LogP contribution < -0.4 is 10.1 Å². The van der Waals surface area contributed by atoms with E-state index in [1.54, 1.807) is 7.11 Å². The first-order chi connectivity index (χ1) is 17.8. The number of aromatic nitrogens is 1. The van der Waals surface area contributed by atoms with E-state index in [4.69, 9.17) is 16.3 Å². The lowest BCUT2D eigenvalue weighted by Gasteiger charge is -2.32. The van der Waals surface area contributed by atoms with Crippen molar-refractivity contribution in [3.05, 3.63) is 83.0 Å². The van der Waals surface area contributed by atoms with Crippen LogP contribution in [0.5, 0.6) is 5.75 Å².